The normalized spacial score (nSPS) is 11.3. The van der Waals surface area contributed by atoms with Crippen LogP contribution >= 0.6 is 11.6 Å². The fourth-order valence-corrected chi connectivity index (χ4v) is 2.89. The van der Waals surface area contributed by atoms with E-state index in [0.29, 0.717) is 22.7 Å². The van der Waals surface area contributed by atoms with Gasteiger partial charge in [-0.2, -0.15) is 5.26 Å². The first-order valence-corrected chi connectivity index (χ1v) is 10.1. The summed E-state index contributed by atoms with van der Waals surface area (Å²) in [5.74, 6) is -1.51. The van der Waals surface area contributed by atoms with Crippen LogP contribution in [0, 0.1) is 17.2 Å². The zero-order valence-corrected chi connectivity index (χ0v) is 18.1. The molecule has 2 amide bonds. The van der Waals surface area contributed by atoms with Crippen LogP contribution in [0.3, 0.4) is 0 Å². The molecule has 0 aliphatic heterocycles. The number of carbonyl (C=O) groups excluding carboxylic acids is 3. The minimum Gasteiger partial charge on any atom is -0.454 e. The second kappa shape index (κ2) is 11.7. The number of esters is 1. The van der Waals surface area contributed by atoms with Gasteiger partial charge in [0, 0.05) is 16.3 Å². The Hall–Kier alpha value is -3.37. The van der Waals surface area contributed by atoms with Gasteiger partial charge in [0.25, 0.3) is 11.8 Å². The number of benzene rings is 2. The lowest BCUT2D eigenvalue weighted by Crippen LogP contribution is -2.43. The number of rotatable bonds is 9. The smallest absolute Gasteiger partial charge is 0.329 e. The van der Waals surface area contributed by atoms with Crippen LogP contribution in [0.15, 0.2) is 48.5 Å². The molecule has 0 radical (unpaired) electrons. The lowest BCUT2D eigenvalue weighted by atomic mass is 10.0. The highest BCUT2D eigenvalue weighted by Crippen LogP contribution is 2.12. The van der Waals surface area contributed by atoms with Crippen molar-refractivity contribution in [1.29, 1.82) is 5.26 Å². The van der Waals surface area contributed by atoms with Crippen molar-refractivity contribution < 1.29 is 19.1 Å². The van der Waals surface area contributed by atoms with Crippen molar-refractivity contribution in [3.8, 4) is 6.07 Å². The van der Waals surface area contributed by atoms with Gasteiger partial charge >= 0.3 is 5.97 Å². The van der Waals surface area contributed by atoms with Crippen molar-refractivity contribution in [3.63, 3.8) is 0 Å². The van der Waals surface area contributed by atoms with Crippen LogP contribution in [-0.2, 0) is 20.7 Å². The van der Waals surface area contributed by atoms with E-state index in [-0.39, 0.29) is 12.3 Å². The molecule has 0 aliphatic rings. The molecule has 0 aromatic heterocycles. The maximum absolute atomic E-state index is 12.5. The molecule has 2 rings (SSSR count). The van der Waals surface area contributed by atoms with Gasteiger partial charge < -0.3 is 15.4 Å². The van der Waals surface area contributed by atoms with Gasteiger partial charge in [0.1, 0.15) is 6.04 Å². The van der Waals surface area contributed by atoms with Crippen LogP contribution in [0.4, 0.5) is 5.69 Å². The molecular weight excluding hydrogens is 418 g/mol. The van der Waals surface area contributed by atoms with E-state index in [2.05, 4.69) is 10.6 Å². The van der Waals surface area contributed by atoms with E-state index in [9.17, 15) is 14.4 Å². The Kier molecular flexibility index (Phi) is 9.04. The van der Waals surface area contributed by atoms with E-state index in [0.717, 1.165) is 5.56 Å². The van der Waals surface area contributed by atoms with E-state index in [1.807, 2.05) is 19.9 Å². The molecule has 31 heavy (non-hydrogen) atoms. The third kappa shape index (κ3) is 8.11. The van der Waals surface area contributed by atoms with E-state index in [1.54, 1.807) is 48.5 Å². The van der Waals surface area contributed by atoms with Crippen LogP contribution in [0.2, 0.25) is 5.02 Å². The molecular formula is C23H24ClN3O4. The number of anilines is 1. The van der Waals surface area contributed by atoms with Crippen molar-refractivity contribution in [2.45, 2.75) is 32.7 Å². The van der Waals surface area contributed by atoms with E-state index < -0.39 is 30.4 Å². The number of ether oxygens (including phenoxy) is 1. The fraction of sp³-hybridized carbons (Fsp3) is 0.304. The summed E-state index contributed by atoms with van der Waals surface area (Å²) in [5, 5.41) is 14.5. The minimum absolute atomic E-state index is 0.115. The van der Waals surface area contributed by atoms with Gasteiger partial charge in [-0.05, 0) is 54.3 Å². The maximum atomic E-state index is 12.5. The number of hydrogen-bond donors (Lipinski definition) is 2. The molecule has 0 fully saturated rings. The molecule has 0 saturated heterocycles. The fourth-order valence-electron chi connectivity index (χ4n) is 2.76. The maximum Gasteiger partial charge on any atom is 0.329 e. The summed E-state index contributed by atoms with van der Waals surface area (Å²) >= 11 is 5.84. The average Bonchev–Trinajstić information content (AvgIpc) is 2.73. The zero-order valence-electron chi connectivity index (χ0n) is 17.4. The Morgan fingerprint density at radius 3 is 2.29 bits per heavy atom. The SMILES string of the molecule is CC(C)CC(NC(=O)c1ccc(Cl)cc1)C(=O)OCC(=O)Nc1ccc(CC#N)cc1. The molecule has 1 atom stereocenters. The number of nitrogens with one attached hydrogen (secondary N) is 2. The number of hydrogen-bond acceptors (Lipinski definition) is 5. The summed E-state index contributed by atoms with van der Waals surface area (Å²) in [7, 11) is 0. The predicted octanol–water partition coefficient (Wildman–Crippen LogP) is 3.73. The summed E-state index contributed by atoms with van der Waals surface area (Å²) in [6.45, 7) is 3.35. The van der Waals surface area contributed by atoms with Crippen LogP contribution in [-0.4, -0.2) is 30.4 Å². The quantitative estimate of drug-likeness (QED) is 0.576. The summed E-state index contributed by atoms with van der Waals surface area (Å²) < 4.78 is 5.13. The molecule has 2 N–H and O–H groups in total. The van der Waals surface area contributed by atoms with Crippen LogP contribution in [0.1, 0.15) is 36.2 Å². The second-order valence-corrected chi connectivity index (χ2v) is 7.79. The number of amides is 2. The van der Waals surface area contributed by atoms with Gasteiger partial charge in [0.2, 0.25) is 0 Å². The van der Waals surface area contributed by atoms with Gasteiger partial charge in [-0.25, -0.2) is 4.79 Å². The van der Waals surface area contributed by atoms with Gasteiger partial charge in [-0.3, -0.25) is 9.59 Å². The summed E-state index contributed by atoms with van der Waals surface area (Å²) in [6.07, 6.45) is 0.644. The summed E-state index contributed by atoms with van der Waals surface area (Å²) in [5.41, 5.74) is 1.72. The molecule has 0 heterocycles. The lowest BCUT2D eigenvalue weighted by molar-refractivity contribution is -0.149. The highest BCUT2D eigenvalue weighted by atomic mass is 35.5. The van der Waals surface area contributed by atoms with Crippen LogP contribution in [0.5, 0.6) is 0 Å². The molecule has 0 bridgehead atoms. The minimum atomic E-state index is -0.888. The first-order valence-electron chi connectivity index (χ1n) is 9.77. The predicted molar refractivity (Wildman–Crippen MR) is 118 cm³/mol. The highest BCUT2D eigenvalue weighted by molar-refractivity contribution is 6.30. The second-order valence-electron chi connectivity index (χ2n) is 7.35. The van der Waals surface area contributed by atoms with Crippen LogP contribution < -0.4 is 10.6 Å². The van der Waals surface area contributed by atoms with Gasteiger partial charge in [0.05, 0.1) is 12.5 Å². The lowest BCUT2D eigenvalue weighted by Gasteiger charge is -2.19. The molecule has 0 aliphatic carbocycles. The monoisotopic (exact) mass is 441 g/mol. The average molecular weight is 442 g/mol. The third-order valence-corrected chi connectivity index (χ3v) is 4.52. The molecule has 7 nitrogen and oxygen atoms in total. The van der Waals surface area contributed by atoms with Crippen molar-refractivity contribution in [1.82, 2.24) is 5.32 Å². The Bertz CT molecular complexity index is 950. The molecule has 2 aromatic carbocycles. The first-order chi connectivity index (χ1) is 14.8. The number of halogens is 1. The largest absolute Gasteiger partial charge is 0.454 e. The topological polar surface area (TPSA) is 108 Å². The molecule has 0 spiro atoms. The van der Waals surface area contributed by atoms with Gasteiger partial charge in [-0.1, -0.05) is 37.6 Å². The molecule has 1 unspecified atom stereocenters. The summed E-state index contributed by atoms with van der Waals surface area (Å²) in [6, 6.07) is 14.3. The molecule has 2 aromatic rings. The van der Waals surface area contributed by atoms with Gasteiger partial charge in [-0.15, -0.1) is 0 Å². The molecule has 0 saturated carbocycles. The molecule has 162 valence electrons. The number of nitriles is 1. The Balaban J connectivity index is 1.92. The highest BCUT2D eigenvalue weighted by Gasteiger charge is 2.24. The first kappa shape index (κ1) is 23.9. The van der Waals surface area contributed by atoms with E-state index in [1.165, 1.54) is 0 Å². The zero-order chi connectivity index (χ0) is 22.8. The Labute approximate surface area is 186 Å². The Morgan fingerprint density at radius 1 is 1.06 bits per heavy atom. The van der Waals surface area contributed by atoms with Crippen molar-refractivity contribution in [3.05, 3.63) is 64.7 Å². The third-order valence-electron chi connectivity index (χ3n) is 4.27. The van der Waals surface area contributed by atoms with Crippen molar-refractivity contribution in [2.75, 3.05) is 11.9 Å². The van der Waals surface area contributed by atoms with Crippen LogP contribution in [0.25, 0.3) is 0 Å². The summed E-state index contributed by atoms with van der Waals surface area (Å²) in [4.78, 5) is 37.1. The van der Waals surface area contributed by atoms with Crippen molar-refractivity contribution >= 4 is 35.1 Å². The number of nitrogens with zero attached hydrogens (tertiary/aromatic N) is 1. The van der Waals surface area contributed by atoms with E-state index in [4.69, 9.17) is 21.6 Å². The van der Waals surface area contributed by atoms with E-state index >= 15 is 0 Å². The molecule has 8 heteroatoms. The standard InChI is InChI=1S/C23H24ClN3O4/c1-15(2)13-20(27-22(29)17-5-7-18(24)8-6-17)23(30)31-14-21(28)26-19-9-3-16(4-10-19)11-12-25/h3-10,15,20H,11,13-14H2,1-2H3,(H,26,28)(H,27,29). The van der Waals surface area contributed by atoms with Gasteiger partial charge in [0.15, 0.2) is 6.61 Å². The number of carbonyl (C=O) groups is 3. The van der Waals surface area contributed by atoms with Crippen molar-refractivity contribution in [2.24, 2.45) is 5.92 Å². The Morgan fingerprint density at radius 2 is 1.71 bits per heavy atom.